The average Bonchev–Trinajstić information content (AvgIpc) is 3.36. The lowest BCUT2D eigenvalue weighted by molar-refractivity contribution is -0.117. The van der Waals surface area contributed by atoms with E-state index in [1.165, 1.54) is 11.0 Å². The molecule has 1 amide bonds. The van der Waals surface area contributed by atoms with E-state index in [2.05, 4.69) is 10.1 Å². The molecule has 1 atom stereocenters. The third kappa shape index (κ3) is 3.65. The second-order valence-electron chi connectivity index (χ2n) is 6.61. The highest BCUT2D eigenvalue weighted by atomic mass is 19.1. The molecule has 150 valence electrons. The molecule has 8 heteroatoms. The van der Waals surface area contributed by atoms with E-state index in [9.17, 15) is 9.18 Å². The van der Waals surface area contributed by atoms with Crippen LogP contribution >= 0.6 is 0 Å². The first-order chi connectivity index (χ1) is 14.1. The topological polar surface area (TPSA) is 77.7 Å². The molecule has 3 aromatic rings. The molecule has 0 radical (unpaired) electrons. The van der Waals surface area contributed by atoms with Crippen molar-refractivity contribution in [2.24, 2.45) is 0 Å². The maximum Gasteiger partial charge on any atom is 0.232 e. The SMILES string of the molecule is CCOc1ccc(-c2noc(C3CC(=O)N(c4ccccc4F)C3)n2)cc1OC. The molecule has 0 aliphatic carbocycles. The quantitative estimate of drug-likeness (QED) is 0.630. The van der Waals surface area contributed by atoms with Crippen LogP contribution in [0.15, 0.2) is 47.0 Å². The van der Waals surface area contributed by atoms with E-state index >= 15 is 0 Å². The van der Waals surface area contributed by atoms with Crippen molar-refractivity contribution in [3.05, 3.63) is 54.2 Å². The predicted octanol–water partition coefficient (Wildman–Crippen LogP) is 3.80. The summed E-state index contributed by atoms with van der Waals surface area (Å²) < 4.78 is 30.3. The molecule has 7 nitrogen and oxygen atoms in total. The van der Waals surface area contributed by atoms with Crippen LogP contribution in [0, 0.1) is 5.82 Å². The summed E-state index contributed by atoms with van der Waals surface area (Å²) in [6.07, 6.45) is 0.183. The summed E-state index contributed by atoms with van der Waals surface area (Å²) >= 11 is 0. The van der Waals surface area contributed by atoms with Crippen molar-refractivity contribution in [2.75, 3.05) is 25.2 Å². The van der Waals surface area contributed by atoms with E-state index in [4.69, 9.17) is 14.0 Å². The fourth-order valence-electron chi connectivity index (χ4n) is 3.38. The Morgan fingerprint density at radius 3 is 2.83 bits per heavy atom. The molecule has 4 rings (SSSR count). The summed E-state index contributed by atoms with van der Waals surface area (Å²) in [5.74, 6) is 1.02. The predicted molar refractivity (Wildman–Crippen MR) is 104 cm³/mol. The molecule has 0 saturated carbocycles. The Labute approximate surface area is 167 Å². The zero-order valence-corrected chi connectivity index (χ0v) is 16.1. The van der Waals surface area contributed by atoms with Crippen LogP contribution in [-0.2, 0) is 4.79 Å². The number of rotatable bonds is 6. The third-order valence-electron chi connectivity index (χ3n) is 4.78. The lowest BCUT2D eigenvalue weighted by Crippen LogP contribution is -2.25. The third-order valence-corrected chi connectivity index (χ3v) is 4.78. The number of ether oxygens (including phenoxy) is 2. The number of halogens is 1. The molecule has 1 aliphatic rings. The molecule has 2 aromatic carbocycles. The molecule has 1 fully saturated rings. The van der Waals surface area contributed by atoms with Crippen LogP contribution in [0.2, 0.25) is 0 Å². The van der Waals surface area contributed by atoms with Crippen LogP contribution in [0.25, 0.3) is 11.4 Å². The second-order valence-corrected chi connectivity index (χ2v) is 6.61. The second kappa shape index (κ2) is 7.90. The van der Waals surface area contributed by atoms with Gasteiger partial charge >= 0.3 is 0 Å². The minimum Gasteiger partial charge on any atom is -0.493 e. The number of nitrogens with zero attached hydrogens (tertiary/aromatic N) is 3. The molecular formula is C21H20FN3O4. The van der Waals surface area contributed by atoms with E-state index in [1.54, 1.807) is 37.4 Å². The maximum absolute atomic E-state index is 14.1. The number of amides is 1. The zero-order valence-electron chi connectivity index (χ0n) is 16.1. The fourth-order valence-corrected chi connectivity index (χ4v) is 3.38. The molecule has 1 saturated heterocycles. The average molecular weight is 397 g/mol. The van der Waals surface area contributed by atoms with Gasteiger partial charge in [-0.15, -0.1) is 0 Å². The van der Waals surface area contributed by atoms with E-state index in [-0.39, 0.29) is 30.5 Å². The minimum absolute atomic E-state index is 0.178. The van der Waals surface area contributed by atoms with E-state index in [0.29, 0.717) is 35.4 Å². The fraction of sp³-hybridized carbons (Fsp3) is 0.286. The Balaban J connectivity index is 1.56. The Morgan fingerprint density at radius 2 is 2.07 bits per heavy atom. The van der Waals surface area contributed by atoms with Crippen LogP contribution in [0.3, 0.4) is 0 Å². The zero-order chi connectivity index (χ0) is 20.4. The van der Waals surface area contributed by atoms with Crippen molar-refractivity contribution in [1.29, 1.82) is 0 Å². The van der Waals surface area contributed by atoms with Crippen LogP contribution < -0.4 is 14.4 Å². The van der Waals surface area contributed by atoms with Gasteiger partial charge in [0.15, 0.2) is 11.5 Å². The Morgan fingerprint density at radius 1 is 1.24 bits per heavy atom. The molecular weight excluding hydrogens is 377 g/mol. The van der Waals surface area contributed by atoms with Gasteiger partial charge in [-0.05, 0) is 37.3 Å². The van der Waals surface area contributed by atoms with Crippen molar-refractivity contribution >= 4 is 11.6 Å². The summed E-state index contributed by atoms with van der Waals surface area (Å²) in [7, 11) is 1.56. The number of hydrogen-bond acceptors (Lipinski definition) is 6. The summed E-state index contributed by atoms with van der Waals surface area (Å²) in [5, 5.41) is 4.04. The molecule has 1 unspecified atom stereocenters. The van der Waals surface area contributed by atoms with Crippen LogP contribution in [-0.4, -0.2) is 36.3 Å². The number of methoxy groups -OCH3 is 1. The van der Waals surface area contributed by atoms with Gasteiger partial charge < -0.3 is 18.9 Å². The van der Waals surface area contributed by atoms with E-state index in [0.717, 1.165) is 0 Å². The first kappa shape index (κ1) is 18.9. The van der Waals surface area contributed by atoms with Gasteiger partial charge in [0.05, 0.1) is 25.3 Å². The van der Waals surface area contributed by atoms with Gasteiger partial charge in [0.2, 0.25) is 17.6 Å². The number of hydrogen-bond donors (Lipinski definition) is 0. The number of carbonyl (C=O) groups excluding carboxylic acids is 1. The standard InChI is InChI=1S/C21H20FN3O4/c1-3-28-17-9-8-13(10-18(17)27-2)20-23-21(29-24-20)14-11-19(26)25(12-14)16-7-5-4-6-15(16)22/h4-10,14H,3,11-12H2,1-2H3. The van der Waals surface area contributed by atoms with Crippen molar-refractivity contribution < 1.29 is 23.2 Å². The number of carbonyl (C=O) groups is 1. The molecule has 0 N–H and O–H groups in total. The Kier molecular flexibility index (Phi) is 5.16. The summed E-state index contributed by atoms with van der Waals surface area (Å²) in [5.41, 5.74) is 0.964. The molecule has 0 spiro atoms. The van der Waals surface area contributed by atoms with Gasteiger partial charge in [0, 0.05) is 18.5 Å². The van der Waals surface area contributed by atoms with E-state index < -0.39 is 5.82 Å². The Bertz CT molecular complexity index is 1040. The van der Waals surface area contributed by atoms with Gasteiger partial charge in [-0.3, -0.25) is 4.79 Å². The number of aromatic nitrogens is 2. The van der Waals surface area contributed by atoms with Crippen molar-refractivity contribution in [3.8, 4) is 22.9 Å². The largest absolute Gasteiger partial charge is 0.493 e. The first-order valence-electron chi connectivity index (χ1n) is 9.30. The Hall–Kier alpha value is -3.42. The van der Waals surface area contributed by atoms with Gasteiger partial charge in [0.1, 0.15) is 5.82 Å². The maximum atomic E-state index is 14.1. The van der Waals surface area contributed by atoms with Crippen molar-refractivity contribution in [2.45, 2.75) is 19.3 Å². The van der Waals surface area contributed by atoms with Gasteiger partial charge in [0.25, 0.3) is 0 Å². The molecule has 1 aromatic heterocycles. The lowest BCUT2D eigenvalue weighted by atomic mass is 10.1. The van der Waals surface area contributed by atoms with Crippen molar-refractivity contribution in [3.63, 3.8) is 0 Å². The molecule has 29 heavy (non-hydrogen) atoms. The first-order valence-corrected chi connectivity index (χ1v) is 9.30. The van der Waals surface area contributed by atoms with Crippen molar-refractivity contribution in [1.82, 2.24) is 10.1 Å². The smallest absolute Gasteiger partial charge is 0.232 e. The summed E-state index contributed by atoms with van der Waals surface area (Å²) in [6, 6.07) is 11.6. The van der Waals surface area contributed by atoms with E-state index in [1.807, 2.05) is 13.0 Å². The number of benzene rings is 2. The molecule has 2 heterocycles. The van der Waals surface area contributed by atoms with Crippen LogP contribution in [0.5, 0.6) is 11.5 Å². The number of para-hydroxylation sites is 1. The summed E-state index contributed by atoms with van der Waals surface area (Å²) in [6.45, 7) is 2.70. The minimum atomic E-state index is -0.436. The highest BCUT2D eigenvalue weighted by Crippen LogP contribution is 2.35. The lowest BCUT2D eigenvalue weighted by Gasteiger charge is -2.16. The normalized spacial score (nSPS) is 16.3. The van der Waals surface area contributed by atoms with Gasteiger partial charge in [-0.2, -0.15) is 4.98 Å². The van der Waals surface area contributed by atoms with Crippen LogP contribution in [0.4, 0.5) is 10.1 Å². The highest BCUT2D eigenvalue weighted by molar-refractivity contribution is 5.96. The molecule has 1 aliphatic heterocycles. The highest BCUT2D eigenvalue weighted by Gasteiger charge is 2.36. The summed E-state index contributed by atoms with van der Waals surface area (Å²) in [4.78, 5) is 18.3. The van der Waals surface area contributed by atoms with Crippen LogP contribution in [0.1, 0.15) is 25.2 Å². The molecule has 0 bridgehead atoms. The van der Waals surface area contributed by atoms with Gasteiger partial charge in [-0.1, -0.05) is 17.3 Å². The monoisotopic (exact) mass is 397 g/mol. The van der Waals surface area contributed by atoms with Gasteiger partial charge in [-0.25, -0.2) is 4.39 Å². The number of anilines is 1.